The van der Waals surface area contributed by atoms with Gasteiger partial charge in [-0.05, 0) is 44.5 Å². The Labute approximate surface area is 175 Å². The van der Waals surface area contributed by atoms with Crippen molar-refractivity contribution < 1.29 is 14.4 Å². The second-order valence-electron chi connectivity index (χ2n) is 8.90. The fraction of sp³-hybridized carbons (Fsp3) is 0.375. The molecule has 2 aromatic rings. The molecule has 0 saturated carbocycles. The SMILES string of the molecule is Cc1ccc(N2C(=O)C3C4CCCN4C4(C(=O)N(C)c5ccccc54)C3C2=O)cc1. The molecule has 0 bridgehead atoms. The Morgan fingerprint density at radius 2 is 1.70 bits per heavy atom. The number of carbonyl (C=O) groups excluding carboxylic acids is 3. The number of nitrogens with zero attached hydrogens (tertiary/aromatic N) is 3. The minimum Gasteiger partial charge on any atom is -0.313 e. The van der Waals surface area contributed by atoms with Crippen molar-refractivity contribution in [2.24, 2.45) is 11.8 Å². The van der Waals surface area contributed by atoms with E-state index < -0.39 is 17.4 Å². The number of imide groups is 1. The number of likely N-dealkylation sites (N-methyl/N-ethyl adjacent to an activating group) is 1. The minimum absolute atomic E-state index is 0.0783. The van der Waals surface area contributed by atoms with Gasteiger partial charge in [-0.3, -0.25) is 19.3 Å². The summed E-state index contributed by atoms with van der Waals surface area (Å²) in [5, 5.41) is 0. The molecule has 2 aromatic carbocycles. The van der Waals surface area contributed by atoms with Gasteiger partial charge in [0.15, 0.2) is 0 Å². The van der Waals surface area contributed by atoms with Gasteiger partial charge in [0.05, 0.1) is 17.5 Å². The van der Waals surface area contributed by atoms with Crippen molar-refractivity contribution in [2.45, 2.75) is 31.3 Å². The van der Waals surface area contributed by atoms with E-state index in [9.17, 15) is 14.4 Å². The molecule has 4 atom stereocenters. The van der Waals surface area contributed by atoms with E-state index in [0.717, 1.165) is 36.2 Å². The lowest BCUT2D eigenvalue weighted by atomic mass is 9.75. The fourth-order valence-corrected chi connectivity index (χ4v) is 6.40. The Kier molecular flexibility index (Phi) is 3.44. The van der Waals surface area contributed by atoms with Crippen molar-refractivity contribution >= 4 is 29.1 Å². The maximum Gasteiger partial charge on any atom is 0.252 e. The van der Waals surface area contributed by atoms with E-state index in [1.165, 1.54) is 4.90 Å². The molecule has 6 heteroatoms. The van der Waals surface area contributed by atoms with Crippen LogP contribution in [0.3, 0.4) is 0 Å². The van der Waals surface area contributed by atoms with Crippen LogP contribution in [0.25, 0.3) is 0 Å². The molecule has 0 aliphatic carbocycles. The summed E-state index contributed by atoms with van der Waals surface area (Å²) < 4.78 is 0. The Morgan fingerprint density at radius 3 is 2.47 bits per heavy atom. The zero-order chi connectivity index (χ0) is 20.8. The smallest absolute Gasteiger partial charge is 0.252 e. The van der Waals surface area contributed by atoms with E-state index >= 15 is 0 Å². The molecule has 6 rings (SSSR count). The number of rotatable bonds is 1. The normalized spacial score (nSPS) is 32.3. The van der Waals surface area contributed by atoms with Gasteiger partial charge in [0.2, 0.25) is 11.8 Å². The highest BCUT2D eigenvalue weighted by Gasteiger charge is 2.75. The maximum atomic E-state index is 13.8. The molecular formula is C24H23N3O3. The molecular weight excluding hydrogens is 378 g/mol. The summed E-state index contributed by atoms with van der Waals surface area (Å²) >= 11 is 0. The maximum absolute atomic E-state index is 13.8. The molecule has 4 aliphatic heterocycles. The van der Waals surface area contributed by atoms with E-state index in [2.05, 4.69) is 4.90 Å². The quantitative estimate of drug-likeness (QED) is 0.689. The first-order chi connectivity index (χ1) is 14.5. The minimum atomic E-state index is -1.08. The number of aryl methyl sites for hydroxylation is 1. The first-order valence-corrected chi connectivity index (χ1v) is 10.6. The lowest BCUT2D eigenvalue weighted by Gasteiger charge is -2.37. The standard InChI is InChI=1S/C24H23N3O3/c1-14-9-11-15(12-10-14)27-21(28)19-18-8-5-13-26(18)24(20(19)22(27)29)16-6-3-4-7-17(16)25(2)23(24)30/h3-4,6-7,9-12,18-20H,5,8,13H2,1-2H3. The molecule has 4 heterocycles. The van der Waals surface area contributed by atoms with Gasteiger partial charge in [0.1, 0.15) is 5.54 Å². The molecule has 3 amide bonds. The number of fused-ring (bicyclic) bond motifs is 7. The van der Waals surface area contributed by atoms with Gasteiger partial charge in [-0.15, -0.1) is 0 Å². The van der Waals surface area contributed by atoms with Crippen LogP contribution in [0.2, 0.25) is 0 Å². The van der Waals surface area contributed by atoms with Crippen LogP contribution >= 0.6 is 0 Å². The zero-order valence-electron chi connectivity index (χ0n) is 17.0. The van der Waals surface area contributed by atoms with Gasteiger partial charge in [-0.25, -0.2) is 4.90 Å². The molecule has 3 saturated heterocycles. The molecule has 30 heavy (non-hydrogen) atoms. The Bertz CT molecular complexity index is 1110. The molecule has 4 aliphatic rings. The van der Waals surface area contributed by atoms with Crippen molar-refractivity contribution in [3.63, 3.8) is 0 Å². The third-order valence-corrected chi connectivity index (χ3v) is 7.57. The molecule has 0 radical (unpaired) electrons. The topological polar surface area (TPSA) is 60.9 Å². The highest BCUT2D eigenvalue weighted by atomic mass is 16.2. The third-order valence-electron chi connectivity index (χ3n) is 7.57. The molecule has 1 spiro atoms. The van der Waals surface area contributed by atoms with Crippen molar-refractivity contribution in [2.75, 3.05) is 23.4 Å². The number of benzene rings is 2. The molecule has 0 N–H and O–H groups in total. The summed E-state index contributed by atoms with van der Waals surface area (Å²) in [7, 11) is 1.77. The Morgan fingerprint density at radius 1 is 0.967 bits per heavy atom. The van der Waals surface area contributed by atoms with Gasteiger partial charge in [0.25, 0.3) is 5.91 Å². The average Bonchev–Trinajstić information content (AvgIpc) is 3.44. The molecule has 152 valence electrons. The van der Waals surface area contributed by atoms with Crippen LogP contribution in [-0.2, 0) is 19.9 Å². The first-order valence-electron chi connectivity index (χ1n) is 10.6. The number of hydrogen-bond donors (Lipinski definition) is 0. The molecule has 3 fully saturated rings. The fourth-order valence-electron chi connectivity index (χ4n) is 6.40. The van der Waals surface area contributed by atoms with E-state index in [0.29, 0.717) is 5.69 Å². The Hall–Kier alpha value is -2.99. The van der Waals surface area contributed by atoms with Crippen molar-refractivity contribution in [1.82, 2.24) is 4.90 Å². The highest BCUT2D eigenvalue weighted by Crippen LogP contribution is 2.61. The average molecular weight is 401 g/mol. The van der Waals surface area contributed by atoms with E-state index in [1.54, 1.807) is 11.9 Å². The van der Waals surface area contributed by atoms with Gasteiger partial charge in [-0.1, -0.05) is 35.9 Å². The second kappa shape index (κ2) is 5.79. The largest absolute Gasteiger partial charge is 0.313 e. The number of anilines is 2. The summed E-state index contributed by atoms with van der Waals surface area (Å²) in [5.41, 5.74) is 2.28. The van der Waals surface area contributed by atoms with Crippen molar-refractivity contribution in [3.8, 4) is 0 Å². The Balaban J connectivity index is 1.57. The van der Waals surface area contributed by atoms with E-state index in [4.69, 9.17) is 0 Å². The zero-order valence-corrected chi connectivity index (χ0v) is 17.0. The lowest BCUT2D eigenvalue weighted by Crippen LogP contribution is -2.55. The van der Waals surface area contributed by atoms with Crippen LogP contribution in [0, 0.1) is 18.8 Å². The van der Waals surface area contributed by atoms with Crippen molar-refractivity contribution in [3.05, 3.63) is 59.7 Å². The molecule has 6 nitrogen and oxygen atoms in total. The van der Waals surface area contributed by atoms with Crippen LogP contribution in [0.15, 0.2) is 48.5 Å². The third kappa shape index (κ3) is 1.86. The predicted molar refractivity (Wildman–Crippen MR) is 112 cm³/mol. The van der Waals surface area contributed by atoms with Crippen LogP contribution in [0.4, 0.5) is 11.4 Å². The lowest BCUT2D eigenvalue weighted by molar-refractivity contribution is -0.136. The van der Waals surface area contributed by atoms with Gasteiger partial charge in [-0.2, -0.15) is 0 Å². The van der Waals surface area contributed by atoms with Gasteiger partial charge < -0.3 is 4.90 Å². The summed E-state index contributed by atoms with van der Waals surface area (Å²) in [6, 6.07) is 15.1. The molecule has 4 unspecified atom stereocenters. The number of hydrogen-bond acceptors (Lipinski definition) is 4. The van der Waals surface area contributed by atoms with Crippen LogP contribution in [-0.4, -0.2) is 42.3 Å². The highest BCUT2D eigenvalue weighted by molar-refractivity contribution is 6.26. The predicted octanol–water partition coefficient (Wildman–Crippen LogP) is 2.45. The van der Waals surface area contributed by atoms with Crippen molar-refractivity contribution in [1.29, 1.82) is 0 Å². The number of para-hydroxylation sites is 1. The summed E-state index contributed by atoms with van der Waals surface area (Å²) in [4.78, 5) is 46.5. The van der Waals surface area contributed by atoms with Crippen LogP contribution in [0.1, 0.15) is 24.0 Å². The van der Waals surface area contributed by atoms with Crippen LogP contribution < -0.4 is 9.80 Å². The second-order valence-corrected chi connectivity index (χ2v) is 8.90. The number of amides is 3. The summed E-state index contributed by atoms with van der Waals surface area (Å²) in [6.45, 7) is 2.71. The summed E-state index contributed by atoms with van der Waals surface area (Å²) in [6.07, 6.45) is 1.77. The van der Waals surface area contributed by atoms with Gasteiger partial charge >= 0.3 is 0 Å². The van der Waals surface area contributed by atoms with E-state index in [1.807, 2.05) is 55.5 Å². The van der Waals surface area contributed by atoms with E-state index in [-0.39, 0.29) is 23.8 Å². The first kappa shape index (κ1) is 17.8. The molecule has 0 aromatic heterocycles. The van der Waals surface area contributed by atoms with Gasteiger partial charge in [0, 0.05) is 24.3 Å². The van der Waals surface area contributed by atoms with Crippen LogP contribution in [0.5, 0.6) is 0 Å². The monoisotopic (exact) mass is 401 g/mol. The number of carbonyl (C=O) groups is 3. The summed E-state index contributed by atoms with van der Waals surface area (Å²) in [5.74, 6) is -1.67.